The summed E-state index contributed by atoms with van der Waals surface area (Å²) in [6.07, 6.45) is 0.577. The fourth-order valence-electron chi connectivity index (χ4n) is 2.70. The minimum Gasteiger partial charge on any atom is -0.461 e. The number of aromatic nitrogens is 1. The highest BCUT2D eigenvalue weighted by Gasteiger charge is 2.38. The van der Waals surface area contributed by atoms with Crippen molar-refractivity contribution >= 4 is 29.3 Å². The van der Waals surface area contributed by atoms with E-state index < -0.39 is 5.97 Å². The smallest absolute Gasteiger partial charge is 0.355 e. The molecule has 2 rings (SSSR count). The van der Waals surface area contributed by atoms with Crippen molar-refractivity contribution in [2.24, 2.45) is 5.41 Å². The van der Waals surface area contributed by atoms with Gasteiger partial charge >= 0.3 is 5.97 Å². The number of fused-ring (bicyclic) bond motifs is 1. The van der Waals surface area contributed by atoms with Gasteiger partial charge in [-0.15, -0.1) is 11.8 Å². The van der Waals surface area contributed by atoms with Crippen molar-refractivity contribution in [3.63, 3.8) is 0 Å². The minimum absolute atomic E-state index is 0.0893. The number of rotatable bonds is 4. The van der Waals surface area contributed by atoms with E-state index in [1.165, 1.54) is 11.8 Å². The summed E-state index contributed by atoms with van der Waals surface area (Å²) in [5.41, 5.74) is 0.479. The zero-order valence-corrected chi connectivity index (χ0v) is 14.2. The summed E-state index contributed by atoms with van der Waals surface area (Å²) in [7, 11) is 0. The van der Waals surface area contributed by atoms with Gasteiger partial charge in [-0.2, -0.15) is 0 Å². The van der Waals surface area contributed by atoms with Gasteiger partial charge in [0.25, 0.3) is 0 Å². The van der Waals surface area contributed by atoms with Crippen molar-refractivity contribution in [2.45, 2.75) is 45.4 Å². The lowest BCUT2D eigenvalue weighted by Gasteiger charge is -2.19. The van der Waals surface area contributed by atoms with Gasteiger partial charge in [0.2, 0.25) is 0 Å². The molecule has 0 fully saturated rings. The summed E-state index contributed by atoms with van der Waals surface area (Å²) in [6.45, 7) is 7.72. The van der Waals surface area contributed by atoms with Crippen molar-refractivity contribution in [1.29, 1.82) is 0 Å². The molecule has 0 atom stereocenters. The molecule has 1 aliphatic rings. The van der Waals surface area contributed by atoms with Crippen molar-refractivity contribution in [2.75, 3.05) is 12.4 Å². The summed E-state index contributed by atoms with van der Waals surface area (Å²) in [5, 5.41) is 0. The molecule has 22 heavy (non-hydrogen) atoms. The number of ketones is 2. The first-order chi connectivity index (χ1) is 10.3. The molecule has 0 amide bonds. The van der Waals surface area contributed by atoms with Crippen molar-refractivity contribution < 1.29 is 19.1 Å². The lowest BCUT2D eigenvalue weighted by atomic mass is 9.84. The first kappa shape index (κ1) is 16.8. The molecule has 0 aliphatic heterocycles. The van der Waals surface area contributed by atoms with Gasteiger partial charge in [-0.25, -0.2) is 4.79 Å². The zero-order valence-electron chi connectivity index (χ0n) is 13.4. The molecule has 0 radical (unpaired) electrons. The van der Waals surface area contributed by atoms with Gasteiger partial charge < -0.3 is 9.72 Å². The van der Waals surface area contributed by atoms with Gasteiger partial charge in [-0.3, -0.25) is 9.59 Å². The van der Waals surface area contributed by atoms with Crippen LogP contribution in [0.15, 0.2) is 4.90 Å². The van der Waals surface area contributed by atoms with E-state index in [0.29, 0.717) is 22.6 Å². The van der Waals surface area contributed by atoms with Gasteiger partial charge in [-0.05, 0) is 18.1 Å². The molecule has 6 heteroatoms. The maximum absolute atomic E-state index is 12.6. The Labute approximate surface area is 134 Å². The lowest BCUT2D eigenvalue weighted by Crippen LogP contribution is -2.17. The number of ether oxygens (including phenoxy) is 1. The highest BCUT2D eigenvalue weighted by Crippen LogP contribution is 2.39. The summed E-state index contributed by atoms with van der Waals surface area (Å²) in [5.74, 6) is -0.0407. The molecular weight excluding hydrogens is 302 g/mol. The predicted molar refractivity (Wildman–Crippen MR) is 84.8 cm³/mol. The Hall–Kier alpha value is -1.56. The Kier molecular flexibility index (Phi) is 4.80. The van der Waals surface area contributed by atoms with Gasteiger partial charge in [0, 0.05) is 12.8 Å². The van der Waals surface area contributed by atoms with Crippen LogP contribution in [0.25, 0.3) is 0 Å². The van der Waals surface area contributed by atoms with Crippen LogP contribution in [0.1, 0.15) is 71.9 Å². The number of thioether (sulfide) groups is 1. The standard InChI is InChI=1S/C16H21NO4S/c1-5-21-15(20)13-14(22-6-2)11-9(18)7-16(3,4)8-10(19)12(11)17-13/h17H,5-8H2,1-4H3. The van der Waals surface area contributed by atoms with E-state index in [4.69, 9.17) is 4.74 Å². The molecule has 1 aromatic heterocycles. The van der Waals surface area contributed by atoms with Gasteiger partial charge in [0.15, 0.2) is 11.6 Å². The van der Waals surface area contributed by atoms with Gasteiger partial charge in [0.05, 0.1) is 22.8 Å². The van der Waals surface area contributed by atoms with Crippen molar-refractivity contribution in [3.05, 3.63) is 17.0 Å². The maximum Gasteiger partial charge on any atom is 0.355 e. The number of esters is 1. The van der Waals surface area contributed by atoms with E-state index in [-0.39, 0.29) is 41.4 Å². The second kappa shape index (κ2) is 6.28. The molecule has 0 saturated carbocycles. The third-order valence-corrected chi connectivity index (χ3v) is 4.54. The van der Waals surface area contributed by atoms with Crippen LogP contribution in [-0.2, 0) is 4.74 Å². The Bertz CT molecular complexity index is 630. The molecular formula is C16H21NO4S. The summed E-state index contributed by atoms with van der Waals surface area (Å²) < 4.78 is 5.03. The van der Waals surface area contributed by atoms with E-state index >= 15 is 0 Å². The highest BCUT2D eigenvalue weighted by atomic mass is 32.2. The number of hydrogen-bond donors (Lipinski definition) is 1. The quantitative estimate of drug-likeness (QED) is 0.521. The number of Topliss-reactive ketones (excluding diaryl/α,β-unsaturated/α-hetero) is 2. The van der Waals surface area contributed by atoms with Crippen LogP contribution in [0.3, 0.4) is 0 Å². The van der Waals surface area contributed by atoms with Gasteiger partial charge in [-0.1, -0.05) is 20.8 Å². The topological polar surface area (TPSA) is 76.2 Å². The molecule has 0 saturated heterocycles. The van der Waals surface area contributed by atoms with Crippen LogP contribution < -0.4 is 0 Å². The molecule has 1 aliphatic carbocycles. The zero-order chi connectivity index (χ0) is 16.5. The minimum atomic E-state index is -0.522. The molecule has 1 aromatic rings. The average Bonchev–Trinajstić information content (AvgIpc) is 2.74. The number of aromatic amines is 1. The number of hydrogen-bond acceptors (Lipinski definition) is 5. The normalized spacial score (nSPS) is 17.1. The molecule has 1 N–H and O–H groups in total. The maximum atomic E-state index is 12.6. The monoisotopic (exact) mass is 323 g/mol. The van der Waals surface area contributed by atoms with Crippen LogP contribution in [0, 0.1) is 5.41 Å². The van der Waals surface area contributed by atoms with E-state index in [1.54, 1.807) is 6.92 Å². The molecule has 0 unspecified atom stereocenters. The second-order valence-electron chi connectivity index (χ2n) is 6.10. The number of carbonyl (C=O) groups excluding carboxylic acids is 3. The molecule has 0 bridgehead atoms. The van der Waals surface area contributed by atoms with E-state index in [0.717, 1.165) is 0 Å². The van der Waals surface area contributed by atoms with E-state index in [9.17, 15) is 14.4 Å². The summed E-state index contributed by atoms with van der Waals surface area (Å²) in [4.78, 5) is 40.6. The number of nitrogens with one attached hydrogen (secondary N) is 1. The van der Waals surface area contributed by atoms with E-state index in [2.05, 4.69) is 4.98 Å². The highest BCUT2D eigenvalue weighted by molar-refractivity contribution is 7.99. The molecule has 0 aromatic carbocycles. The van der Waals surface area contributed by atoms with E-state index in [1.807, 2.05) is 20.8 Å². The van der Waals surface area contributed by atoms with Gasteiger partial charge in [0.1, 0.15) is 5.69 Å². The largest absolute Gasteiger partial charge is 0.461 e. The molecule has 0 spiro atoms. The third-order valence-electron chi connectivity index (χ3n) is 3.56. The predicted octanol–water partition coefficient (Wildman–Crippen LogP) is 3.49. The first-order valence-corrected chi connectivity index (χ1v) is 8.41. The van der Waals surface area contributed by atoms with Crippen LogP contribution in [0.4, 0.5) is 0 Å². The Morgan fingerprint density at radius 1 is 1.23 bits per heavy atom. The molecule has 5 nitrogen and oxygen atoms in total. The summed E-state index contributed by atoms with van der Waals surface area (Å²) >= 11 is 1.39. The fourth-order valence-corrected chi connectivity index (χ4v) is 3.63. The van der Waals surface area contributed by atoms with Crippen LogP contribution in [0.2, 0.25) is 0 Å². The Morgan fingerprint density at radius 2 is 1.86 bits per heavy atom. The first-order valence-electron chi connectivity index (χ1n) is 7.43. The molecule has 120 valence electrons. The Balaban J connectivity index is 2.59. The summed E-state index contributed by atoms with van der Waals surface area (Å²) in [6, 6.07) is 0. The lowest BCUT2D eigenvalue weighted by molar-refractivity contribution is 0.0516. The fraction of sp³-hybridized carbons (Fsp3) is 0.562. The SMILES string of the molecule is CCOC(=O)c1[nH]c2c(c1SCC)C(=O)CC(C)(C)CC2=O. The van der Waals surface area contributed by atoms with Crippen LogP contribution in [-0.4, -0.2) is 34.9 Å². The van der Waals surface area contributed by atoms with Crippen LogP contribution >= 0.6 is 11.8 Å². The number of carbonyl (C=O) groups is 3. The average molecular weight is 323 g/mol. The molecule has 1 heterocycles. The second-order valence-corrected chi connectivity index (χ2v) is 7.37. The van der Waals surface area contributed by atoms with Crippen LogP contribution in [0.5, 0.6) is 0 Å². The third kappa shape index (κ3) is 3.11. The van der Waals surface area contributed by atoms with Crippen molar-refractivity contribution in [1.82, 2.24) is 4.98 Å². The van der Waals surface area contributed by atoms with Crippen molar-refractivity contribution in [3.8, 4) is 0 Å². The number of H-pyrrole nitrogens is 1. The Morgan fingerprint density at radius 3 is 2.45 bits per heavy atom.